The third-order valence-electron chi connectivity index (χ3n) is 2.75. The molecule has 0 amide bonds. The van der Waals surface area contributed by atoms with Crippen LogP contribution in [-0.4, -0.2) is 54.6 Å². The van der Waals surface area contributed by atoms with Crippen LogP contribution in [0.2, 0.25) is 0 Å². The lowest BCUT2D eigenvalue weighted by Gasteiger charge is -2.27. The van der Waals surface area contributed by atoms with E-state index in [0.29, 0.717) is 6.54 Å². The van der Waals surface area contributed by atoms with Gasteiger partial charge in [0.2, 0.25) is 0 Å². The normalized spacial score (nSPS) is 13.2. The maximum Gasteiger partial charge on any atom is 0.317 e. The zero-order chi connectivity index (χ0) is 12.8. The molecular weight excluding hydrogens is 220 g/mol. The second kappa shape index (κ2) is 6.42. The van der Waals surface area contributed by atoms with Crippen LogP contribution < -0.4 is 0 Å². The minimum absolute atomic E-state index is 0.0419. The molecule has 0 fully saturated rings. The van der Waals surface area contributed by atoms with Crippen molar-refractivity contribution >= 4 is 5.97 Å². The predicted octanol–water partition coefficient (Wildman–Crippen LogP) is 1.29. The Morgan fingerprint density at radius 2 is 2.18 bits per heavy atom. The highest BCUT2D eigenvalue weighted by atomic mass is 16.4. The molecule has 0 aliphatic heterocycles. The van der Waals surface area contributed by atoms with Gasteiger partial charge in [-0.1, -0.05) is 0 Å². The van der Waals surface area contributed by atoms with E-state index in [4.69, 9.17) is 9.52 Å². The molecule has 5 nitrogen and oxygen atoms in total. The molecule has 5 heteroatoms. The minimum atomic E-state index is -0.806. The van der Waals surface area contributed by atoms with E-state index in [1.54, 1.807) is 12.5 Å². The highest BCUT2D eigenvalue weighted by Crippen LogP contribution is 2.19. The number of hydrogen-bond donors (Lipinski definition) is 1. The SMILES string of the molecule is CC(c1ccoc1)N(CCN(C)C)CC(=O)O. The number of carboxylic acid groups (broad SMARTS) is 1. The number of carbonyl (C=O) groups is 1. The number of likely N-dealkylation sites (N-methyl/N-ethyl adjacent to an activating group) is 1. The molecule has 1 atom stereocenters. The largest absolute Gasteiger partial charge is 0.480 e. The number of nitrogens with zero attached hydrogens (tertiary/aromatic N) is 2. The average molecular weight is 240 g/mol. The molecule has 1 heterocycles. The fourth-order valence-corrected chi connectivity index (χ4v) is 1.64. The first-order chi connectivity index (χ1) is 8.00. The summed E-state index contributed by atoms with van der Waals surface area (Å²) < 4.78 is 5.03. The Bertz CT molecular complexity index is 336. The number of rotatable bonds is 7. The van der Waals surface area contributed by atoms with Crippen molar-refractivity contribution < 1.29 is 14.3 Å². The summed E-state index contributed by atoms with van der Waals surface area (Å²) in [5.74, 6) is -0.806. The summed E-state index contributed by atoms with van der Waals surface area (Å²) in [6.45, 7) is 3.57. The third kappa shape index (κ3) is 4.58. The second-order valence-electron chi connectivity index (χ2n) is 4.40. The van der Waals surface area contributed by atoms with E-state index < -0.39 is 5.97 Å². The van der Waals surface area contributed by atoms with Crippen LogP contribution in [0.3, 0.4) is 0 Å². The van der Waals surface area contributed by atoms with Gasteiger partial charge in [-0.3, -0.25) is 9.69 Å². The van der Waals surface area contributed by atoms with Gasteiger partial charge in [-0.2, -0.15) is 0 Å². The zero-order valence-electron chi connectivity index (χ0n) is 10.6. The molecule has 1 unspecified atom stereocenters. The summed E-state index contributed by atoms with van der Waals surface area (Å²) in [4.78, 5) is 14.8. The van der Waals surface area contributed by atoms with Crippen molar-refractivity contribution in [2.75, 3.05) is 33.7 Å². The van der Waals surface area contributed by atoms with Crippen molar-refractivity contribution in [1.29, 1.82) is 0 Å². The lowest BCUT2D eigenvalue weighted by Crippen LogP contribution is -2.37. The van der Waals surface area contributed by atoms with Gasteiger partial charge in [0, 0.05) is 24.7 Å². The third-order valence-corrected chi connectivity index (χ3v) is 2.75. The van der Waals surface area contributed by atoms with Crippen LogP contribution in [0.5, 0.6) is 0 Å². The first-order valence-corrected chi connectivity index (χ1v) is 5.63. The van der Waals surface area contributed by atoms with E-state index in [9.17, 15) is 4.79 Å². The molecule has 1 rings (SSSR count). The Kier molecular flexibility index (Phi) is 5.18. The van der Waals surface area contributed by atoms with Crippen molar-refractivity contribution in [1.82, 2.24) is 9.80 Å². The smallest absolute Gasteiger partial charge is 0.317 e. The lowest BCUT2D eigenvalue weighted by molar-refractivity contribution is -0.138. The van der Waals surface area contributed by atoms with Crippen LogP contribution in [0.4, 0.5) is 0 Å². The van der Waals surface area contributed by atoms with Crippen LogP contribution in [0.25, 0.3) is 0 Å². The van der Waals surface area contributed by atoms with Crippen molar-refractivity contribution in [2.24, 2.45) is 0 Å². The van der Waals surface area contributed by atoms with E-state index in [0.717, 1.165) is 12.1 Å². The van der Waals surface area contributed by atoms with E-state index in [1.807, 2.05) is 36.9 Å². The highest BCUT2D eigenvalue weighted by Gasteiger charge is 2.19. The van der Waals surface area contributed by atoms with Gasteiger partial charge in [0.05, 0.1) is 19.1 Å². The molecular formula is C12H20N2O3. The van der Waals surface area contributed by atoms with Crippen molar-refractivity contribution in [3.8, 4) is 0 Å². The summed E-state index contributed by atoms with van der Waals surface area (Å²) in [7, 11) is 3.95. The van der Waals surface area contributed by atoms with E-state index >= 15 is 0 Å². The summed E-state index contributed by atoms with van der Waals surface area (Å²) in [6.07, 6.45) is 3.27. The molecule has 0 aromatic carbocycles. The quantitative estimate of drug-likeness (QED) is 0.778. The fraction of sp³-hybridized carbons (Fsp3) is 0.583. The summed E-state index contributed by atoms with van der Waals surface area (Å²) in [5, 5.41) is 8.92. The lowest BCUT2D eigenvalue weighted by atomic mass is 10.1. The molecule has 1 N–H and O–H groups in total. The molecule has 1 aromatic heterocycles. The van der Waals surface area contributed by atoms with Crippen LogP contribution >= 0.6 is 0 Å². The van der Waals surface area contributed by atoms with E-state index in [1.165, 1.54) is 0 Å². The Morgan fingerprint density at radius 3 is 2.65 bits per heavy atom. The summed E-state index contributed by atoms with van der Waals surface area (Å²) in [5.41, 5.74) is 1.00. The van der Waals surface area contributed by atoms with Crippen LogP contribution in [0.1, 0.15) is 18.5 Å². The molecule has 0 spiro atoms. The van der Waals surface area contributed by atoms with E-state index in [2.05, 4.69) is 0 Å². The Balaban J connectivity index is 2.64. The maximum atomic E-state index is 10.8. The molecule has 0 bridgehead atoms. The maximum absolute atomic E-state index is 10.8. The first-order valence-electron chi connectivity index (χ1n) is 5.63. The molecule has 1 aromatic rings. The number of carboxylic acids is 1. The van der Waals surface area contributed by atoms with Gasteiger partial charge in [0.15, 0.2) is 0 Å². The molecule has 0 aliphatic carbocycles. The molecule has 0 saturated heterocycles. The zero-order valence-corrected chi connectivity index (χ0v) is 10.6. The second-order valence-corrected chi connectivity index (χ2v) is 4.40. The summed E-state index contributed by atoms with van der Waals surface area (Å²) >= 11 is 0. The minimum Gasteiger partial charge on any atom is -0.480 e. The van der Waals surface area contributed by atoms with E-state index in [-0.39, 0.29) is 12.6 Å². The van der Waals surface area contributed by atoms with Crippen molar-refractivity contribution in [3.05, 3.63) is 24.2 Å². The van der Waals surface area contributed by atoms with Gasteiger partial charge < -0.3 is 14.4 Å². The van der Waals surface area contributed by atoms with Crippen LogP contribution in [0.15, 0.2) is 23.0 Å². The van der Waals surface area contributed by atoms with Gasteiger partial charge in [0.1, 0.15) is 0 Å². The molecule has 0 saturated carbocycles. The van der Waals surface area contributed by atoms with Gasteiger partial charge in [0.25, 0.3) is 0 Å². The van der Waals surface area contributed by atoms with Gasteiger partial charge in [-0.25, -0.2) is 0 Å². The Hall–Kier alpha value is -1.33. The molecule has 0 radical (unpaired) electrons. The van der Waals surface area contributed by atoms with Gasteiger partial charge in [-0.15, -0.1) is 0 Å². The predicted molar refractivity (Wildman–Crippen MR) is 64.9 cm³/mol. The standard InChI is InChI=1S/C12H20N2O3/c1-10(11-4-7-17-9-11)14(8-12(15)16)6-5-13(2)3/h4,7,9-10H,5-6,8H2,1-3H3,(H,15,16). The van der Waals surface area contributed by atoms with Gasteiger partial charge >= 0.3 is 5.97 Å². The van der Waals surface area contributed by atoms with Crippen LogP contribution in [0, 0.1) is 0 Å². The molecule has 17 heavy (non-hydrogen) atoms. The topological polar surface area (TPSA) is 56.9 Å². The fourth-order valence-electron chi connectivity index (χ4n) is 1.64. The Morgan fingerprint density at radius 1 is 1.47 bits per heavy atom. The monoisotopic (exact) mass is 240 g/mol. The first kappa shape index (κ1) is 13.7. The van der Waals surface area contributed by atoms with Crippen molar-refractivity contribution in [2.45, 2.75) is 13.0 Å². The number of aliphatic carboxylic acids is 1. The summed E-state index contributed by atoms with van der Waals surface area (Å²) in [6, 6.07) is 1.92. The van der Waals surface area contributed by atoms with Gasteiger partial charge in [-0.05, 0) is 27.1 Å². The average Bonchev–Trinajstić information content (AvgIpc) is 2.75. The Labute approximate surface area is 102 Å². The number of hydrogen-bond acceptors (Lipinski definition) is 4. The number of furan rings is 1. The molecule has 96 valence electrons. The van der Waals surface area contributed by atoms with Crippen LogP contribution in [-0.2, 0) is 4.79 Å². The highest BCUT2D eigenvalue weighted by molar-refractivity contribution is 5.69. The van der Waals surface area contributed by atoms with Crippen molar-refractivity contribution in [3.63, 3.8) is 0 Å². The molecule has 0 aliphatic rings.